The van der Waals surface area contributed by atoms with Crippen LogP contribution in [0.2, 0.25) is 0 Å². The molecule has 2 rings (SSSR count). The first kappa shape index (κ1) is 15.6. The van der Waals surface area contributed by atoms with Crippen molar-refractivity contribution >= 4 is 11.8 Å². The third-order valence-corrected chi connectivity index (χ3v) is 3.47. The van der Waals surface area contributed by atoms with Crippen LogP contribution in [0.5, 0.6) is 5.75 Å². The Morgan fingerprint density at radius 3 is 2.43 bits per heavy atom. The van der Waals surface area contributed by atoms with Crippen LogP contribution in [0.4, 0.5) is 8.78 Å². The lowest BCUT2D eigenvalue weighted by atomic mass is 9.97. The average Bonchev–Trinajstić information content (AvgIpc) is 2.56. The van der Waals surface area contributed by atoms with Gasteiger partial charge in [-0.05, 0) is 46.1 Å². The highest BCUT2D eigenvalue weighted by Crippen LogP contribution is 2.33. The van der Waals surface area contributed by atoms with Crippen LogP contribution >= 0.6 is 0 Å². The second-order valence-corrected chi connectivity index (χ2v) is 6.30. The van der Waals surface area contributed by atoms with Gasteiger partial charge in [-0.2, -0.15) is 0 Å². The van der Waals surface area contributed by atoms with Crippen LogP contribution in [-0.2, 0) is 11.2 Å². The summed E-state index contributed by atoms with van der Waals surface area (Å²) in [6.07, 6.45) is 1.92. The van der Waals surface area contributed by atoms with Crippen molar-refractivity contribution in [2.45, 2.75) is 46.5 Å². The molecule has 1 aromatic carbocycles. The van der Waals surface area contributed by atoms with E-state index >= 15 is 0 Å². The zero-order valence-electron chi connectivity index (χ0n) is 12.4. The summed E-state index contributed by atoms with van der Waals surface area (Å²) >= 11 is 0. The van der Waals surface area contributed by atoms with Crippen LogP contribution < -0.4 is 4.74 Å². The van der Waals surface area contributed by atoms with Crippen molar-refractivity contribution in [3.63, 3.8) is 0 Å². The highest BCUT2D eigenvalue weighted by Gasteiger charge is 2.30. The van der Waals surface area contributed by atoms with Gasteiger partial charge in [-0.1, -0.05) is 0 Å². The van der Waals surface area contributed by atoms with Crippen molar-refractivity contribution in [3.05, 3.63) is 28.8 Å². The number of carbonyl (C=O) groups is 2. The van der Waals surface area contributed by atoms with Crippen molar-refractivity contribution < 1.29 is 23.1 Å². The standard InChI is InChI=1S/C16H18F2O3/c1-16(2,3)15(20)21-14-11(17)8-10-9(13(14)18)6-4-5-7-12(10)19/h8H,4-7H2,1-3H3. The lowest BCUT2D eigenvalue weighted by Crippen LogP contribution is -2.26. The smallest absolute Gasteiger partial charge is 0.316 e. The molecule has 5 heteroatoms. The van der Waals surface area contributed by atoms with Crippen LogP contribution in [0.1, 0.15) is 56.0 Å². The number of carbonyl (C=O) groups excluding carboxylic acids is 2. The van der Waals surface area contributed by atoms with E-state index < -0.39 is 28.8 Å². The summed E-state index contributed by atoms with van der Waals surface area (Å²) in [6.45, 7) is 4.79. The minimum Gasteiger partial charge on any atom is -0.420 e. The SMILES string of the molecule is CC(C)(C)C(=O)Oc1c(F)cc2c(c1F)CCCCC2=O. The topological polar surface area (TPSA) is 43.4 Å². The predicted octanol–water partition coefficient (Wildman–Crippen LogP) is 3.83. The molecule has 0 aromatic heterocycles. The normalized spacial score (nSPS) is 15.4. The van der Waals surface area contributed by atoms with Gasteiger partial charge >= 0.3 is 5.97 Å². The molecule has 1 aliphatic carbocycles. The van der Waals surface area contributed by atoms with Gasteiger partial charge in [0, 0.05) is 17.5 Å². The van der Waals surface area contributed by atoms with Gasteiger partial charge in [-0.25, -0.2) is 8.78 Å². The third-order valence-electron chi connectivity index (χ3n) is 3.47. The molecule has 0 aliphatic heterocycles. The van der Waals surface area contributed by atoms with Gasteiger partial charge in [0.25, 0.3) is 0 Å². The minimum atomic E-state index is -1.01. The summed E-state index contributed by atoms with van der Waals surface area (Å²) < 4.78 is 33.4. The van der Waals surface area contributed by atoms with Crippen LogP contribution in [0, 0.1) is 17.0 Å². The van der Waals surface area contributed by atoms with Gasteiger partial charge in [0.1, 0.15) is 0 Å². The number of esters is 1. The van der Waals surface area contributed by atoms with Crippen molar-refractivity contribution in [2.75, 3.05) is 0 Å². The Hall–Kier alpha value is -1.78. The molecule has 0 saturated carbocycles. The molecular formula is C16H18F2O3. The quantitative estimate of drug-likeness (QED) is 0.449. The van der Waals surface area contributed by atoms with E-state index in [1.54, 1.807) is 20.8 Å². The number of ketones is 1. The van der Waals surface area contributed by atoms with E-state index in [1.165, 1.54) is 0 Å². The molecule has 0 atom stereocenters. The monoisotopic (exact) mass is 296 g/mol. The maximum Gasteiger partial charge on any atom is 0.316 e. The zero-order chi connectivity index (χ0) is 15.8. The first-order valence-electron chi connectivity index (χ1n) is 6.98. The molecule has 0 amide bonds. The number of ether oxygens (including phenoxy) is 1. The highest BCUT2D eigenvalue weighted by atomic mass is 19.1. The molecule has 1 aromatic rings. The number of Topliss-reactive ketones (excluding diaryl/α,β-unsaturated/α-hetero) is 1. The third kappa shape index (κ3) is 3.12. The minimum absolute atomic E-state index is 0.0676. The lowest BCUT2D eigenvalue weighted by molar-refractivity contribution is -0.143. The second-order valence-electron chi connectivity index (χ2n) is 6.30. The first-order chi connectivity index (χ1) is 9.71. The van der Waals surface area contributed by atoms with E-state index in [4.69, 9.17) is 4.74 Å². The van der Waals surface area contributed by atoms with Crippen LogP contribution in [0.3, 0.4) is 0 Å². The van der Waals surface area contributed by atoms with E-state index in [-0.39, 0.29) is 23.3 Å². The van der Waals surface area contributed by atoms with Crippen LogP contribution in [0.25, 0.3) is 0 Å². The number of benzene rings is 1. The van der Waals surface area contributed by atoms with E-state index in [1.807, 2.05) is 0 Å². The van der Waals surface area contributed by atoms with Gasteiger partial charge < -0.3 is 4.74 Å². The number of fused-ring (bicyclic) bond motifs is 1. The Morgan fingerprint density at radius 2 is 1.81 bits per heavy atom. The Labute approximate surface area is 122 Å². The molecule has 0 fully saturated rings. The fraction of sp³-hybridized carbons (Fsp3) is 0.500. The van der Waals surface area contributed by atoms with Crippen molar-refractivity contribution in [2.24, 2.45) is 5.41 Å². The Kier molecular flexibility index (Phi) is 4.12. The first-order valence-corrected chi connectivity index (χ1v) is 6.98. The summed E-state index contributed by atoms with van der Waals surface area (Å²) in [4.78, 5) is 23.7. The predicted molar refractivity (Wildman–Crippen MR) is 73.3 cm³/mol. The van der Waals surface area contributed by atoms with Gasteiger partial charge in [0.05, 0.1) is 5.41 Å². The molecular weight excluding hydrogens is 278 g/mol. The summed E-state index contributed by atoms with van der Waals surface area (Å²) in [5, 5.41) is 0. The molecule has 0 heterocycles. The van der Waals surface area contributed by atoms with Crippen molar-refractivity contribution in [1.29, 1.82) is 0 Å². The number of hydrogen-bond acceptors (Lipinski definition) is 3. The van der Waals surface area contributed by atoms with E-state index in [9.17, 15) is 18.4 Å². The highest BCUT2D eigenvalue weighted by molar-refractivity contribution is 5.98. The summed E-state index contributed by atoms with van der Waals surface area (Å²) in [7, 11) is 0. The Bertz CT molecular complexity index is 601. The summed E-state index contributed by atoms with van der Waals surface area (Å²) in [5.41, 5.74) is -0.657. The van der Waals surface area contributed by atoms with Gasteiger partial charge in [-0.3, -0.25) is 9.59 Å². The molecule has 21 heavy (non-hydrogen) atoms. The van der Waals surface area contributed by atoms with E-state index in [0.717, 1.165) is 6.07 Å². The molecule has 0 N–H and O–H groups in total. The molecule has 114 valence electrons. The van der Waals surface area contributed by atoms with Gasteiger partial charge in [0.15, 0.2) is 17.4 Å². The van der Waals surface area contributed by atoms with E-state index in [0.29, 0.717) is 19.3 Å². The number of rotatable bonds is 1. The summed E-state index contributed by atoms with van der Waals surface area (Å²) in [5.74, 6) is -3.64. The number of hydrogen-bond donors (Lipinski definition) is 0. The largest absolute Gasteiger partial charge is 0.420 e. The lowest BCUT2D eigenvalue weighted by Gasteiger charge is -2.18. The Balaban J connectivity index is 2.47. The zero-order valence-corrected chi connectivity index (χ0v) is 12.4. The number of halogens is 2. The fourth-order valence-corrected chi connectivity index (χ4v) is 2.19. The van der Waals surface area contributed by atoms with Gasteiger partial charge in [-0.15, -0.1) is 0 Å². The van der Waals surface area contributed by atoms with E-state index in [2.05, 4.69) is 0 Å². The van der Waals surface area contributed by atoms with Crippen molar-refractivity contribution in [1.82, 2.24) is 0 Å². The maximum absolute atomic E-state index is 14.4. The molecule has 0 radical (unpaired) electrons. The summed E-state index contributed by atoms with van der Waals surface area (Å²) in [6, 6.07) is 0.983. The van der Waals surface area contributed by atoms with Gasteiger partial charge in [0.2, 0.25) is 5.75 Å². The second kappa shape index (κ2) is 5.54. The molecule has 0 saturated heterocycles. The molecule has 0 bridgehead atoms. The van der Waals surface area contributed by atoms with Crippen LogP contribution in [0.15, 0.2) is 6.07 Å². The van der Waals surface area contributed by atoms with Crippen molar-refractivity contribution in [3.8, 4) is 5.75 Å². The molecule has 1 aliphatic rings. The maximum atomic E-state index is 14.4. The van der Waals surface area contributed by atoms with Crippen LogP contribution in [-0.4, -0.2) is 11.8 Å². The average molecular weight is 296 g/mol. The molecule has 3 nitrogen and oxygen atoms in total. The fourth-order valence-electron chi connectivity index (χ4n) is 2.19. The molecule has 0 spiro atoms. The Morgan fingerprint density at radius 1 is 1.19 bits per heavy atom. The molecule has 0 unspecified atom stereocenters.